The van der Waals surface area contributed by atoms with E-state index in [0.29, 0.717) is 0 Å². The standard InChI is InChI=1S/C14H25NO/c1-11-6-8-14(9-7-11)15-13-5-3-2-4-12(13)10-16-14/h11-13,15H,2-10H2,1H3. The molecule has 3 fully saturated rings. The zero-order chi connectivity index (χ0) is 11.0. The minimum absolute atomic E-state index is 0.0744. The van der Waals surface area contributed by atoms with Crippen molar-refractivity contribution in [2.75, 3.05) is 6.61 Å². The molecule has 2 unspecified atom stereocenters. The summed E-state index contributed by atoms with van der Waals surface area (Å²) < 4.78 is 6.21. The van der Waals surface area contributed by atoms with Crippen LogP contribution in [0.1, 0.15) is 58.3 Å². The summed E-state index contributed by atoms with van der Waals surface area (Å²) in [6.07, 6.45) is 10.7. The fraction of sp³-hybridized carbons (Fsp3) is 1.00. The van der Waals surface area contributed by atoms with E-state index in [4.69, 9.17) is 4.74 Å². The lowest BCUT2D eigenvalue weighted by molar-refractivity contribution is -0.161. The summed E-state index contributed by atoms with van der Waals surface area (Å²) in [6, 6.07) is 0.760. The summed E-state index contributed by atoms with van der Waals surface area (Å²) >= 11 is 0. The molecule has 0 bridgehead atoms. The van der Waals surface area contributed by atoms with E-state index >= 15 is 0 Å². The molecule has 3 aliphatic rings. The third-order valence-corrected chi connectivity index (χ3v) is 5.01. The molecular formula is C14H25NO. The highest BCUT2D eigenvalue weighted by Gasteiger charge is 2.43. The third kappa shape index (κ3) is 2.02. The maximum absolute atomic E-state index is 6.21. The number of fused-ring (bicyclic) bond motifs is 1. The first-order valence-corrected chi connectivity index (χ1v) is 7.19. The van der Waals surface area contributed by atoms with Crippen molar-refractivity contribution in [3.8, 4) is 0 Å². The SMILES string of the molecule is CC1CCC2(CC1)NC1CCCCC1CO2. The Morgan fingerprint density at radius 1 is 1.06 bits per heavy atom. The highest BCUT2D eigenvalue weighted by Crippen LogP contribution is 2.39. The van der Waals surface area contributed by atoms with Gasteiger partial charge in [-0.3, -0.25) is 5.32 Å². The van der Waals surface area contributed by atoms with Crippen LogP contribution < -0.4 is 5.32 Å². The Morgan fingerprint density at radius 2 is 1.81 bits per heavy atom. The van der Waals surface area contributed by atoms with Crippen LogP contribution in [0, 0.1) is 11.8 Å². The molecule has 3 rings (SSSR count). The second kappa shape index (κ2) is 4.30. The molecule has 1 heterocycles. The molecule has 0 amide bonds. The third-order valence-electron chi connectivity index (χ3n) is 5.01. The Hall–Kier alpha value is -0.0800. The van der Waals surface area contributed by atoms with Gasteiger partial charge < -0.3 is 4.74 Å². The first kappa shape index (κ1) is 11.0. The fourth-order valence-electron chi connectivity index (χ4n) is 3.76. The summed E-state index contributed by atoms with van der Waals surface area (Å²) in [6.45, 7) is 3.39. The summed E-state index contributed by atoms with van der Waals surface area (Å²) in [5.74, 6) is 1.71. The van der Waals surface area contributed by atoms with Gasteiger partial charge in [-0.05, 0) is 50.4 Å². The van der Waals surface area contributed by atoms with Crippen LogP contribution in [0.25, 0.3) is 0 Å². The minimum atomic E-state index is 0.0744. The Kier molecular flexibility index (Phi) is 2.97. The minimum Gasteiger partial charge on any atom is -0.360 e. The van der Waals surface area contributed by atoms with Gasteiger partial charge in [0.2, 0.25) is 0 Å². The van der Waals surface area contributed by atoms with Crippen molar-refractivity contribution in [3.05, 3.63) is 0 Å². The normalized spacial score (nSPS) is 48.9. The van der Waals surface area contributed by atoms with Gasteiger partial charge in [0, 0.05) is 6.04 Å². The highest BCUT2D eigenvalue weighted by atomic mass is 16.5. The summed E-state index contributed by atoms with van der Waals surface area (Å²) in [4.78, 5) is 0. The summed E-state index contributed by atoms with van der Waals surface area (Å²) in [5.41, 5.74) is 0.0744. The van der Waals surface area contributed by atoms with Crippen LogP contribution in [0.4, 0.5) is 0 Å². The van der Waals surface area contributed by atoms with Crippen LogP contribution in [0.15, 0.2) is 0 Å². The van der Waals surface area contributed by atoms with Crippen molar-refractivity contribution in [1.29, 1.82) is 0 Å². The van der Waals surface area contributed by atoms with Gasteiger partial charge >= 0.3 is 0 Å². The Morgan fingerprint density at radius 3 is 2.62 bits per heavy atom. The van der Waals surface area contributed by atoms with Gasteiger partial charge in [-0.1, -0.05) is 19.8 Å². The van der Waals surface area contributed by atoms with Crippen LogP contribution in [0.2, 0.25) is 0 Å². The highest BCUT2D eigenvalue weighted by molar-refractivity contribution is 4.94. The molecule has 0 aromatic rings. The van der Waals surface area contributed by atoms with Crippen LogP contribution in [0.5, 0.6) is 0 Å². The molecule has 2 saturated carbocycles. The number of hydrogen-bond donors (Lipinski definition) is 1. The van der Waals surface area contributed by atoms with Crippen LogP contribution >= 0.6 is 0 Å². The second-order valence-electron chi connectivity index (χ2n) is 6.28. The molecule has 0 radical (unpaired) electrons. The van der Waals surface area contributed by atoms with E-state index in [9.17, 15) is 0 Å². The van der Waals surface area contributed by atoms with E-state index in [-0.39, 0.29) is 5.72 Å². The van der Waals surface area contributed by atoms with E-state index in [2.05, 4.69) is 12.2 Å². The molecule has 16 heavy (non-hydrogen) atoms. The number of rotatable bonds is 0. The first-order valence-electron chi connectivity index (χ1n) is 7.19. The van der Waals surface area contributed by atoms with E-state index in [1.807, 2.05) is 0 Å². The molecule has 1 aliphatic heterocycles. The Labute approximate surface area is 99.1 Å². The monoisotopic (exact) mass is 223 g/mol. The zero-order valence-corrected chi connectivity index (χ0v) is 10.5. The van der Waals surface area contributed by atoms with Crippen molar-refractivity contribution >= 4 is 0 Å². The maximum atomic E-state index is 6.21. The number of hydrogen-bond acceptors (Lipinski definition) is 2. The van der Waals surface area contributed by atoms with Crippen molar-refractivity contribution in [1.82, 2.24) is 5.32 Å². The lowest BCUT2D eigenvalue weighted by Gasteiger charge is -2.50. The largest absolute Gasteiger partial charge is 0.360 e. The quantitative estimate of drug-likeness (QED) is 0.681. The molecule has 1 spiro atoms. The van der Waals surface area contributed by atoms with Gasteiger partial charge in [0.05, 0.1) is 6.61 Å². The van der Waals surface area contributed by atoms with Crippen molar-refractivity contribution in [2.24, 2.45) is 11.8 Å². The van der Waals surface area contributed by atoms with E-state index in [1.165, 1.54) is 51.4 Å². The summed E-state index contributed by atoms with van der Waals surface area (Å²) in [5, 5.41) is 3.87. The molecular weight excluding hydrogens is 198 g/mol. The molecule has 92 valence electrons. The molecule has 2 nitrogen and oxygen atoms in total. The van der Waals surface area contributed by atoms with Gasteiger partial charge in [-0.2, -0.15) is 0 Å². The number of ether oxygens (including phenoxy) is 1. The predicted molar refractivity (Wildman–Crippen MR) is 65.2 cm³/mol. The molecule has 0 aromatic heterocycles. The molecule has 1 N–H and O–H groups in total. The first-order chi connectivity index (χ1) is 7.77. The lowest BCUT2D eigenvalue weighted by atomic mass is 9.78. The average Bonchev–Trinajstić information content (AvgIpc) is 2.33. The zero-order valence-electron chi connectivity index (χ0n) is 10.5. The van der Waals surface area contributed by atoms with Crippen LogP contribution in [-0.4, -0.2) is 18.4 Å². The van der Waals surface area contributed by atoms with E-state index in [1.54, 1.807) is 0 Å². The van der Waals surface area contributed by atoms with Crippen LogP contribution in [-0.2, 0) is 4.74 Å². The topological polar surface area (TPSA) is 21.3 Å². The van der Waals surface area contributed by atoms with Gasteiger partial charge in [-0.25, -0.2) is 0 Å². The van der Waals surface area contributed by atoms with Crippen molar-refractivity contribution in [2.45, 2.75) is 70.1 Å². The Bertz CT molecular complexity index is 245. The Balaban J connectivity index is 1.65. The lowest BCUT2D eigenvalue weighted by Crippen LogP contribution is -2.61. The smallest absolute Gasteiger partial charge is 0.119 e. The van der Waals surface area contributed by atoms with Crippen molar-refractivity contribution < 1.29 is 4.74 Å². The van der Waals surface area contributed by atoms with E-state index in [0.717, 1.165) is 24.5 Å². The molecule has 2 aliphatic carbocycles. The van der Waals surface area contributed by atoms with E-state index < -0.39 is 0 Å². The predicted octanol–water partition coefficient (Wildman–Crippen LogP) is 3.07. The van der Waals surface area contributed by atoms with Crippen LogP contribution in [0.3, 0.4) is 0 Å². The molecule has 0 aromatic carbocycles. The van der Waals surface area contributed by atoms with Gasteiger partial charge in [0.15, 0.2) is 0 Å². The molecule has 2 atom stereocenters. The molecule has 1 saturated heterocycles. The van der Waals surface area contributed by atoms with Gasteiger partial charge in [-0.15, -0.1) is 0 Å². The fourth-order valence-corrected chi connectivity index (χ4v) is 3.76. The average molecular weight is 223 g/mol. The maximum Gasteiger partial charge on any atom is 0.119 e. The number of nitrogens with one attached hydrogen (secondary N) is 1. The second-order valence-corrected chi connectivity index (χ2v) is 6.28. The molecule has 2 heteroatoms. The van der Waals surface area contributed by atoms with Gasteiger partial charge in [0.25, 0.3) is 0 Å². The van der Waals surface area contributed by atoms with Crippen molar-refractivity contribution in [3.63, 3.8) is 0 Å². The summed E-state index contributed by atoms with van der Waals surface area (Å²) in [7, 11) is 0. The van der Waals surface area contributed by atoms with Gasteiger partial charge in [0.1, 0.15) is 5.72 Å².